The lowest BCUT2D eigenvalue weighted by atomic mass is 9.77. The molecule has 0 amide bonds. The van der Waals surface area contributed by atoms with Crippen LogP contribution in [0.3, 0.4) is 0 Å². The van der Waals surface area contributed by atoms with E-state index in [0.717, 1.165) is 55.3 Å². The van der Waals surface area contributed by atoms with Crippen molar-refractivity contribution in [2.75, 3.05) is 0 Å². The second kappa shape index (κ2) is 6.31. The highest BCUT2D eigenvalue weighted by Crippen LogP contribution is 2.38. The van der Waals surface area contributed by atoms with Gasteiger partial charge in [0, 0.05) is 36.7 Å². The van der Waals surface area contributed by atoms with E-state index in [1.165, 1.54) is 18.5 Å². The van der Waals surface area contributed by atoms with E-state index in [0.29, 0.717) is 11.6 Å². The van der Waals surface area contributed by atoms with Crippen LogP contribution in [0.4, 0.5) is 8.78 Å². The summed E-state index contributed by atoms with van der Waals surface area (Å²) in [7, 11) is 0. The molecule has 140 valence electrons. The van der Waals surface area contributed by atoms with Gasteiger partial charge in [-0.05, 0) is 43.0 Å². The molecule has 3 atom stereocenters. The third-order valence-corrected chi connectivity index (χ3v) is 5.95. The number of nitrogens with zero attached hydrogens (tertiary/aromatic N) is 5. The van der Waals surface area contributed by atoms with Gasteiger partial charge in [-0.1, -0.05) is 0 Å². The summed E-state index contributed by atoms with van der Waals surface area (Å²) in [5.41, 5.74) is 9.83. The number of rotatable bonds is 2. The van der Waals surface area contributed by atoms with Crippen molar-refractivity contribution in [2.24, 2.45) is 5.73 Å². The van der Waals surface area contributed by atoms with Gasteiger partial charge >= 0.3 is 0 Å². The van der Waals surface area contributed by atoms with Crippen LogP contribution in [0.25, 0.3) is 5.65 Å². The molecule has 27 heavy (non-hydrogen) atoms. The SMILES string of the molecule is NC1CC(N2Cc3nn4cncnc4c3C2)CCC1c1cc(F)ccc1F. The molecule has 2 aromatic heterocycles. The van der Waals surface area contributed by atoms with Gasteiger partial charge in [0.25, 0.3) is 0 Å². The van der Waals surface area contributed by atoms with E-state index in [4.69, 9.17) is 5.73 Å². The molecule has 1 fully saturated rings. The highest BCUT2D eigenvalue weighted by Gasteiger charge is 2.37. The first-order valence-electron chi connectivity index (χ1n) is 9.21. The van der Waals surface area contributed by atoms with E-state index in [2.05, 4.69) is 20.0 Å². The summed E-state index contributed by atoms with van der Waals surface area (Å²) in [4.78, 5) is 10.7. The molecule has 1 aromatic carbocycles. The maximum absolute atomic E-state index is 14.2. The van der Waals surface area contributed by atoms with Crippen molar-refractivity contribution in [3.63, 3.8) is 0 Å². The number of halogens is 2. The highest BCUT2D eigenvalue weighted by atomic mass is 19.1. The van der Waals surface area contributed by atoms with E-state index in [1.807, 2.05) is 0 Å². The topological polar surface area (TPSA) is 72.3 Å². The number of hydrogen-bond acceptors (Lipinski definition) is 5. The molecule has 0 radical (unpaired) electrons. The van der Waals surface area contributed by atoms with Crippen molar-refractivity contribution < 1.29 is 8.78 Å². The molecule has 5 rings (SSSR count). The van der Waals surface area contributed by atoms with Crippen molar-refractivity contribution in [2.45, 2.75) is 50.4 Å². The van der Waals surface area contributed by atoms with Crippen LogP contribution in [-0.2, 0) is 13.1 Å². The maximum Gasteiger partial charge on any atom is 0.163 e. The molecule has 3 unspecified atom stereocenters. The molecule has 3 aromatic rings. The lowest BCUT2D eigenvalue weighted by Crippen LogP contribution is -2.44. The second-order valence-electron chi connectivity index (χ2n) is 7.51. The van der Waals surface area contributed by atoms with Crippen LogP contribution in [0.15, 0.2) is 30.9 Å². The van der Waals surface area contributed by atoms with Gasteiger partial charge < -0.3 is 5.73 Å². The van der Waals surface area contributed by atoms with Crippen molar-refractivity contribution in [1.82, 2.24) is 24.5 Å². The molecule has 6 nitrogen and oxygen atoms in total. The smallest absolute Gasteiger partial charge is 0.163 e. The van der Waals surface area contributed by atoms with Gasteiger partial charge in [0.2, 0.25) is 0 Å². The Morgan fingerprint density at radius 3 is 2.89 bits per heavy atom. The molecule has 0 saturated heterocycles. The van der Waals surface area contributed by atoms with Crippen molar-refractivity contribution in [1.29, 1.82) is 0 Å². The molecule has 0 spiro atoms. The predicted molar refractivity (Wildman–Crippen MR) is 94.7 cm³/mol. The average molecular weight is 370 g/mol. The summed E-state index contributed by atoms with van der Waals surface area (Å²) in [5.74, 6) is -0.932. The Bertz CT molecular complexity index is 1000. The van der Waals surface area contributed by atoms with Crippen molar-refractivity contribution in [3.8, 4) is 0 Å². The zero-order valence-electron chi connectivity index (χ0n) is 14.7. The largest absolute Gasteiger partial charge is 0.327 e. The molecule has 3 heterocycles. The Balaban J connectivity index is 1.32. The fourth-order valence-corrected chi connectivity index (χ4v) is 4.60. The van der Waals surface area contributed by atoms with E-state index >= 15 is 0 Å². The Morgan fingerprint density at radius 2 is 2.04 bits per heavy atom. The summed E-state index contributed by atoms with van der Waals surface area (Å²) < 4.78 is 29.4. The zero-order chi connectivity index (χ0) is 18.5. The third-order valence-electron chi connectivity index (χ3n) is 5.95. The van der Waals surface area contributed by atoms with Crippen LogP contribution in [0, 0.1) is 11.6 Å². The lowest BCUT2D eigenvalue weighted by molar-refractivity contribution is 0.136. The third kappa shape index (κ3) is 2.80. The standard InChI is InChI=1S/C19H20F2N6/c20-11-1-4-16(21)14(5-11)13-3-2-12(6-17(13)22)26-7-15-18(8-26)25-27-10-23-9-24-19(15)27/h1,4-5,9-10,12-13,17H,2-3,6-8,22H2. The lowest BCUT2D eigenvalue weighted by Gasteiger charge is -2.38. The predicted octanol–water partition coefficient (Wildman–Crippen LogP) is 2.38. The van der Waals surface area contributed by atoms with Gasteiger partial charge in [-0.15, -0.1) is 0 Å². The molecule has 1 saturated carbocycles. The molecule has 1 aliphatic carbocycles. The van der Waals surface area contributed by atoms with Crippen LogP contribution in [0.2, 0.25) is 0 Å². The van der Waals surface area contributed by atoms with Crippen LogP contribution >= 0.6 is 0 Å². The molecule has 2 aliphatic rings. The van der Waals surface area contributed by atoms with Gasteiger partial charge in [0.15, 0.2) is 5.65 Å². The molecular weight excluding hydrogens is 350 g/mol. The zero-order valence-corrected chi connectivity index (χ0v) is 14.7. The summed E-state index contributed by atoms with van der Waals surface area (Å²) in [6, 6.07) is 3.74. The highest BCUT2D eigenvalue weighted by molar-refractivity contribution is 5.50. The van der Waals surface area contributed by atoms with E-state index in [1.54, 1.807) is 10.8 Å². The number of nitrogens with two attached hydrogens (primary N) is 1. The quantitative estimate of drug-likeness (QED) is 0.750. The first-order valence-corrected chi connectivity index (χ1v) is 9.21. The minimum atomic E-state index is -0.416. The monoisotopic (exact) mass is 370 g/mol. The Labute approximate surface area is 155 Å². The minimum Gasteiger partial charge on any atom is -0.327 e. The molecular formula is C19H20F2N6. The Hall–Kier alpha value is -2.45. The minimum absolute atomic E-state index is 0.145. The molecule has 0 bridgehead atoms. The van der Waals surface area contributed by atoms with Crippen LogP contribution in [0.1, 0.15) is 42.0 Å². The van der Waals surface area contributed by atoms with Gasteiger partial charge in [-0.2, -0.15) is 5.10 Å². The summed E-state index contributed by atoms with van der Waals surface area (Å²) in [6.45, 7) is 1.54. The number of hydrogen-bond donors (Lipinski definition) is 1. The van der Waals surface area contributed by atoms with E-state index in [9.17, 15) is 8.78 Å². The first kappa shape index (κ1) is 16.7. The number of benzene rings is 1. The molecule has 8 heteroatoms. The summed E-state index contributed by atoms with van der Waals surface area (Å²) >= 11 is 0. The van der Waals surface area contributed by atoms with Gasteiger partial charge in [0.1, 0.15) is 24.3 Å². The van der Waals surface area contributed by atoms with E-state index < -0.39 is 5.82 Å². The first-order chi connectivity index (χ1) is 13.1. The van der Waals surface area contributed by atoms with Crippen LogP contribution in [0.5, 0.6) is 0 Å². The van der Waals surface area contributed by atoms with Crippen molar-refractivity contribution in [3.05, 3.63) is 59.3 Å². The van der Waals surface area contributed by atoms with Gasteiger partial charge in [-0.3, -0.25) is 4.90 Å². The molecule has 2 N–H and O–H groups in total. The van der Waals surface area contributed by atoms with Gasteiger partial charge in [-0.25, -0.2) is 23.3 Å². The van der Waals surface area contributed by atoms with E-state index in [-0.39, 0.29) is 17.8 Å². The molecule has 1 aliphatic heterocycles. The van der Waals surface area contributed by atoms with Crippen LogP contribution < -0.4 is 5.73 Å². The number of fused-ring (bicyclic) bond motifs is 3. The fraction of sp³-hybridized carbons (Fsp3) is 0.421. The summed E-state index contributed by atoms with van der Waals surface area (Å²) in [6.07, 6.45) is 5.61. The van der Waals surface area contributed by atoms with Gasteiger partial charge in [0.05, 0.1) is 5.69 Å². The average Bonchev–Trinajstić information content (AvgIpc) is 3.22. The normalized spacial score (nSPS) is 25.8. The Morgan fingerprint density at radius 1 is 1.15 bits per heavy atom. The Kier molecular flexibility index (Phi) is 3.91. The van der Waals surface area contributed by atoms with Crippen molar-refractivity contribution >= 4 is 5.65 Å². The van der Waals surface area contributed by atoms with Crippen LogP contribution in [-0.4, -0.2) is 36.6 Å². The summed E-state index contributed by atoms with van der Waals surface area (Å²) in [5, 5.41) is 4.57. The fourth-order valence-electron chi connectivity index (χ4n) is 4.60. The number of aromatic nitrogens is 4. The maximum atomic E-state index is 14.2. The second-order valence-corrected chi connectivity index (χ2v) is 7.51.